The smallest absolute Gasteiger partial charge is 0.325 e. The third kappa shape index (κ3) is 30.1. The lowest BCUT2D eigenvalue weighted by atomic mass is 10.0. The molecule has 0 aromatic rings. The molecule has 252 valence electrons. The molecule has 1 N–H and O–H groups in total. The summed E-state index contributed by atoms with van der Waals surface area (Å²) >= 11 is 1.50. The first-order valence-electron chi connectivity index (χ1n) is 17.2. The zero-order valence-corrected chi connectivity index (χ0v) is 28.5. The van der Waals surface area contributed by atoms with Crippen LogP contribution in [-0.2, 0) is 33.4 Å². The molecule has 0 rings (SSSR count). The Balaban J connectivity index is 4.30. The van der Waals surface area contributed by atoms with Crippen LogP contribution in [0.1, 0.15) is 155 Å². The molecule has 0 saturated carbocycles. The number of unbranched alkanes of at least 4 members (excludes halogenated alkanes) is 16. The van der Waals surface area contributed by atoms with E-state index in [1.165, 1.54) is 102 Å². The van der Waals surface area contributed by atoms with E-state index >= 15 is 0 Å². The van der Waals surface area contributed by atoms with E-state index in [1.54, 1.807) is 0 Å². The van der Waals surface area contributed by atoms with Crippen LogP contribution in [0.15, 0.2) is 0 Å². The molecule has 0 aliphatic carbocycles. The third-order valence-corrected chi connectivity index (χ3v) is 8.38. The zero-order valence-electron chi connectivity index (χ0n) is 27.7. The van der Waals surface area contributed by atoms with Crippen molar-refractivity contribution in [2.24, 2.45) is 0 Å². The van der Waals surface area contributed by atoms with E-state index in [1.807, 2.05) is 0 Å². The number of methoxy groups -OCH3 is 1. The van der Waals surface area contributed by atoms with Gasteiger partial charge in [0.2, 0.25) is 5.91 Å². The Kier molecular flexibility index (Phi) is 30.3. The second-order valence-corrected chi connectivity index (χ2v) is 12.7. The highest BCUT2D eigenvalue weighted by molar-refractivity contribution is 7.99. The van der Waals surface area contributed by atoms with E-state index in [9.17, 15) is 19.2 Å². The highest BCUT2D eigenvalue weighted by Gasteiger charge is 2.19. The van der Waals surface area contributed by atoms with E-state index in [0.29, 0.717) is 24.3 Å². The number of thioether (sulfide) groups is 1. The van der Waals surface area contributed by atoms with Gasteiger partial charge in [0.15, 0.2) is 0 Å². The van der Waals surface area contributed by atoms with E-state index in [0.717, 1.165) is 32.1 Å². The van der Waals surface area contributed by atoms with Crippen molar-refractivity contribution in [1.82, 2.24) is 5.32 Å². The number of carbonyl (C=O) groups is 4. The van der Waals surface area contributed by atoms with Crippen molar-refractivity contribution >= 4 is 35.6 Å². The van der Waals surface area contributed by atoms with Crippen LogP contribution in [-0.4, -0.2) is 61.7 Å². The van der Waals surface area contributed by atoms with Gasteiger partial charge in [-0.25, -0.2) is 0 Å². The predicted octanol–water partition coefficient (Wildman–Crippen LogP) is 8.09. The molecule has 1 unspecified atom stereocenters. The molecule has 0 heterocycles. The summed E-state index contributed by atoms with van der Waals surface area (Å²) in [5.74, 6) is -0.151. The van der Waals surface area contributed by atoms with Crippen molar-refractivity contribution < 1.29 is 33.4 Å². The molecule has 0 aromatic carbocycles. The lowest BCUT2D eigenvalue weighted by molar-refractivity contribution is -0.155. The van der Waals surface area contributed by atoms with E-state index < -0.39 is 12.1 Å². The minimum absolute atomic E-state index is 0.0844. The molecule has 9 heteroatoms. The first-order valence-corrected chi connectivity index (χ1v) is 18.3. The van der Waals surface area contributed by atoms with Gasteiger partial charge in [0.1, 0.15) is 19.3 Å². The van der Waals surface area contributed by atoms with Gasteiger partial charge in [-0.15, -0.1) is 0 Å². The summed E-state index contributed by atoms with van der Waals surface area (Å²) in [4.78, 5) is 47.8. The van der Waals surface area contributed by atoms with Crippen molar-refractivity contribution in [3.8, 4) is 0 Å². The van der Waals surface area contributed by atoms with Gasteiger partial charge >= 0.3 is 17.9 Å². The molecule has 0 saturated heterocycles. The molecule has 1 amide bonds. The number of hydrogen-bond acceptors (Lipinski definition) is 8. The summed E-state index contributed by atoms with van der Waals surface area (Å²) in [6.07, 6.45) is 22.7. The van der Waals surface area contributed by atoms with Crippen LogP contribution in [0, 0.1) is 0 Å². The number of hydrogen-bond donors (Lipinski definition) is 1. The quantitative estimate of drug-likeness (QED) is 0.0466. The summed E-state index contributed by atoms with van der Waals surface area (Å²) < 4.78 is 15.6. The fraction of sp³-hybridized carbons (Fsp3) is 0.882. The normalized spacial score (nSPS) is 11.6. The van der Waals surface area contributed by atoms with Crippen LogP contribution in [0.5, 0.6) is 0 Å². The van der Waals surface area contributed by atoms with Crippen LogP contribution in [0.2, 0.25) is 0 Å². The second-order valence-electron chi connectivity index (χ2n) is 11.4. The molecular weight excluding hydrogens is 566 g/mol. The maximum absolute atomic E-state index is 12.6. The Labute approximate surface area is 266 Å². The molecule has 1 atom stereocenters. The Hall–Kier alpha value is -1.77. The fourth-order valence-corrected chi connectivity index (χ4v) is 5.50. The summed E-state index contributed by atoms with van der Waals surface area (Å²) in [5, 5.41) is 2.49. The van der Waals surface area contributed by atoms with Gasteiger partial charge in [-0.3, -0.25) is 19.2 Å². The number of esters is 3. The Morgan fingerprint density at radius 3 is 1.72 bits per heavy atom. The largest absolute Gasteiger partial charge is 0.468 e. The van der Waals surface area contributed by atoms with Gasteiger partial charge in [-0.05, 0) is 19.3 Å². The van der Waals surface area contributed by atoms with Gasteiger partial charge < -0.3 is 19.5 Å². The monoisotopic (exact) mass is 629 g/mol. The summed E-state index contributed by atoms with van der Waals surface area (Å²) in [6, 6.07) is 0. The molecule has 0 aromatic heterocycles. The van der Waals surface area contributed by atoms with Crippen LogP contribution in [0.25, 0.3) is 0 Å². The lowest BCUT2D eigenvalue weighted by Crippen LogP contribution is -2.30. The van der Waals surface area contributed by atoms with Crippen LogP contribution < -0.4 is 5.32 Å². The fourth-order valence-electron chi connectivity index (χ4n) is 4.77. The zero-order chi connectivity index (χ0) is 31.8. The lowest BCUT2D eigenvalue weighted by Gasteiger charge is -2.17. The minimum atomic E-state index is -0.488. The van der Waals surface area contributed by atoms with Crippen molar-refractivity contribution in [3.05, 3.63) is 0 Å². The molecule has 8 nitrogen and oxygen atoms in total. The highest BCUT2D eigenvalue weighted by Crippen LogP contribution is 2.17. The number of rotatable bonds is 31. The van der Waals surface area contributed by atoms with Crippen molar-refractivity contribution in [3.63, 3.8) is 0 Å². The number of ether oxygens (including phenoxy) is 3. The number of amides is 1. The average molecular weight is 630 g/mol. The minimum Gasteiger partial charge on any atom is -0.468 e. The number of carbonyl (C=O) groups excluding carboxylic acids is 4. The molecule has 0 spiro atoms. The van der Waals surface area contributed by atoms with Crippen LogP contribution in [0.4, 0.5) is 0 Å². The Morgan fingerprint density at radius 1 is 0.628 bits per heavy atom. The van der Waals surface area contributed by atoms with Crippen molar-refractivity contribution in [2.75, 3.05) is 31.8 Å². The first-order chi connectivity index (χ1) is 20.9. The summed E-state index contributed by atoms with van der Waals surface area (Å²) in [7, 11) is 1.27. The predicted molar refractivity (Wildman–Crippen MR) is 176 cm³/mol. The van der Waals surface area contributed by atoms with Gasteiger partial charge in [0.25, 0.3) is 0 Å². The topological polar surface area (TPSA) is 108 Å². The average Bonchev–Trinajstić information content (AvgIpc) is 2.99. The Bertz CT molecular complexity index is 704. The van der Waals surface area contributed by atoms with Gasteiger partial charge in [0.05, 0.1) is 13.5 Å². The second kappa shape index (κ2) is 31.6. The highest BCUT2D eigenvalue weighted by atomic mass is 32.2. The molecule has 0 fully saturated rings. The summed E-state index contributed by atoms with van der Waals surface area (Å²) in [6.45, 7) is 4.56. The SMILES string of the molecule is CCCCCCCCCCCC(=O)OC(CCCCCCCCCCC)CC(=O)OCCSCCC(=O)NCC(=O)OC. The molecule has 0 bridgehead atoms. The van der Waals surface area contributed by atoms with Gasteiger partial charge in [0, 0.05) is 24.3 Å². The van der Waals surface area contributed by atoms with Crippen LogP contribution in [0.3, 0.4) is 0 Å². The Morgan fingerprint density at radius 2 is 1.16 bits per heavy atom. The molecular formula is C34H63NO7S. The summed E-state index contributed by atoms with van der Waals surface area (Å²) in [5.41, 5.74) is 0. The van der Waals surface area contributed by atoms with E-state index in [-0.39, 0.29) is 43.8 Å². The number of nitrogens with one attached hydrogen (secondary N) is 1. The van der Waals surface area contributed by atoms with Gasteiger partial charge in [-0.1, -0.05) is 117 Å². The van der Waals surface area contributed by atoms with Crippen molar-refractivity contribution in [1.29, 1.82) is 0 Å². The maximum atomic E-state index is 12.6. The molecule has 43 heavy (non-hydrogen) atoms. The molecule has 0 aliphatic heterocycles. The standard InChI is InChI=1S/C34H63NO7S/c1-4-6-8-10-12-14-16-18-20-22-30(42-32(37)23-21-19-17-15-13-11-9-7-5-2)28-33(38)41-25-27-43-26-24-31(36)35-29-34(39)40-3/h30H,4-29H2,1-3H3,(H,35,36). The third-order valence-electron chi connectivity index (χ3n) is 7.43. The maximum Gasteiger partial charge on any atom is 0.325 e. The van der Waals surface area contributed by atoms with E-state index in [2.05, 4.69) is 23.9 Å². The van der Waals surface area contributed by atoms with E-state index in [4.69, 9.17) is 9.47 Å². The van der Waals surface area contributed by atoms with Gasteiger partial charge in [-0.2, -0.15) is 11.8 Å². The first kappa shape index (κ1) is 41.2. The van der Waals surface area contributed by atoms with Crippen molar-refractivity contribution in [2.45, 2.75) is 161 Å². The molecule has 0 radical (unpaired) electrons. The van der Waals surface area contributed by atoms with Crippen LogP contribution >= 0.6 is 11.8 Å². The molecule has 0 aliphatic rings.